The number of fused-ring (bicyclic) bond motifs is 1. The van der Waals surface area contributed by atoms with E-state index in [1.807, 2.05) is 42.5 Å². The molecule has 1 aromatic heterocycles. The molecule has 0 spiro atoms. The Morgan fingerprint density at radius 3 is 2.65 bits per heavy atom. The molecule has 0 saturated heterocycles. The average Bonchev–Trinajstić information content (AvgIpc) is 2.84. The SMILES string of the molecule is COc1ccc(F)cc1CN(CCCCNc1ccnc2cc(Cl)ccc12)Cc1ccccc1. The van der Waals surface area contributed by atoms with E-state index in [1.54, 1.807) is 25.4 Å². The minimum atomic E-state index is -0.245. The van der Waals surface area contributed by atoms with Gasteiger partial charge in [0.25, 0.3) is 0 Å². The minimum Gasteiger partial charge on any atom is -0.496 e. The zero-order valence-electron chi connectivity index (χ0n) is 19.3. The Hall–Kier alpha value is -3.15. The molecule has 0 bridgehead atoms. The summed E-state index contributed by atoms with van der Waals surface area (Å²) in [5, 5.41) is 5.29. The van der Waals surface area contributed by atoms with E-state index in [1.165, 1.54) is 11.6 Å². The van der Waals surface area contributed by atoms with Crippen LogP contribution in [0.1, 0.15) is 24.0 Å². The lowest BCUT2D eigenvalue weighted by Crippen LogP contribution is -2.25. The number of hydrogen-bond acceptors (Lipinski definition) is 4. The fourth-order valence-electron chi connectivity index (χ4n) is 4.13. The highest BCUT2D eigenvalue weighted by Crippen LogP contribution is 2.25. The Labute approximate surface area is 205 Å². The van der Waals surface area contributed by atoms with Gasteiger partial charge in [0.05, 0.1) is 12.6 Å². The molecule has 34 heavy (non-hydrogen) atoms. The predicted octanol–water partition coefficient (Wildman–Crippen LogP) is 6.93. The Balaban J connectivity index is 1.37. The number of hydrogen-bond donors (Lipinski definition) is 1. The summed E-state index contributed by atoms with van der Waals surface area (Å²) in [4.78, 5) is 6.75. The zero-order chi connectivity index (χ0) is 23.8. The quantitative estimate of drug-likeness (QED) is 0.238. The van der Waals surface area contributed by atoms with Crippen LogP contribution in [0.4, 0.5) is 10.1 Å². The lowest BCUT2D eigenvalue weighted by Gasteiger charge is -2.24. The van der Waals surface area contributed by atoms with E-state index in [-0.39, 0.29) is 5.82 Å². The number of unbranched alkanes of at least 4 members (excludes halogenated alkanes) is 1. The van der Waals surface area contributed by atoms with Crippen LogP contribution in [0.2, 0.25) is 5.02 Å². The molecule has 0 aliphatic heterocycles. The number of halogens is 2. The first kappa shape index (κ1) is 24.0. The van der Waals surface area contributed by atoms with Crippen molar-refractivity contribution in [3.8, 4) is 5.75 Å². The molecule has 4 nitrogen and oxygen atoms in total. The van der Waals surface area contributed by atoms with E-state index in [0.717, 1.165) is 54.6 Å². The van der Waals surface area contributed by atoms with Crippen LogP contribution >= 0.6 is 11.6 Å². The van der Waals surface area contributed by atoms with Crippen molar-refractivity contribution in [3.63, 3.8) is 0 Å². The van der Waals surface area contributed by atoms with E-state index in [2.05, 4.69) is 27.3 Å². The number of nitrogens with one attached hydrogen (secondary N) is 1. The largest absolute Gasteiger partial charge is 0.496 e. The van der Waals surface area contributed by atoms with Crippen LogP contribution in [0.5, 0.6) is 5.75 Å². The Morgan fingerprint density at radius 2 is 1.82 bits per heavy atom. The van der Waals surface area contributed by atoms with E-state index in [9.17, 15) is 4.39 Å². The van der Waals surface area contributed by atoms with Crippen LogP contribution in [-0.2, 0) is 13.1 Å². The van der Waals surface area contributed by atoms with Crippen molar-refractivity contribution in [2.24, 2.45) is 0 Å². The highest BCUT2D eigenvalue weighted by molar-refractivity contribution is 6.31. The van der Waals surface area contributed by atoms with Crippen LogP contribution in [0, 0.1) is 5.82 Å². The third-order valence-electron chi connectivity index (χ3n) is 5.81. The monoisotopic (exact) mass is 477 g/mol. The maximum Gasteiger partial charge on any atom is 0.123 e. The average molecular weight is 478 g/mol. The number of anilines is 1. The van der Waals surface area contributed by atoms with Gasteiger partial charge in [-0.3, -0.25) is 9.88 Å². The summed E-state index contributed by atoms with van der Waals surface area (Å²) < 4.78 is 19.4. The van der Waals surface area contributed by atoms with E-state index < -0.39 is 0 Å². The molecule has 1 N–H and O–H groups in total. The molecule has 0 saturated carbocycles. The normalized spacial score (nSPS) is 11.2. The van der Waals surface area contributed by atoms with Crippen molar-refractivity contribution in [2.45, 2.75) is 25.9 Å². The molecule has 6 heteroatoms. The molecule has 3 aromatic carbocycles. The molecular weight excluding hydrogens is 449 g/mol. The van der Waals surface area contributed by atoms with Gasteiger partial charge in [-0.05, 0) is 67.4 Å². The second-order valence-corrected chi connectivity index (χ2v) is 8.74. The highest BCUT2D eigenvalue weighted by atomic mass is 35.5. The highest BCUT2D eigenvalue weighted by Gasteiger charge is 2.12. The first-order valence-corrected chi connectivity index (χ1v) is 11.9. The Kier molecular flexibility index (Phi) is 8.34. The van der Waals surface area contributed by atoms with Gasteiger partial charge in [-0.2, -0.15) is 0 Å². The summed E-state index contributed by atoms with van der Waals surface area (Å²) in [6.07, 6.45) is 3.81. The predicted molar refractivity (Wildman–Crippen MR) is 138 cm³/mol. The van der Waals surface area contributed by atoms with Crippen LogP contribution in [0.3, 0.4) is 0 Å². The number of methoxy groups -OCH3 is 1. The number of pyridine rings is 1. The zero-order valence-corrected chi connectivity index (χ0v) is 20.1. The summed E-state index contributed by atoms with van der Waals surface area (Å²) in [6.45, 7) is 3.16. The van der Waals surface area contributed by atoms with Gasteiger partial charge < -0.3 is 10.1 Å². The third kappa shape index (κ3) is 6.46. The fourth-order valence-corrected chi connectivity index (χ4v) is 4.29. The van der Waals surface area contributed by atoms with Gasteiger partial charge in [0.2, 0.25) is 0 Å². The molecule has 0 aliphatic carbocycles. The topological polar surface area (TPSA) is 37.4 Å². The van der Waals surface area contributed by atoms with Crippen molar-refractivity contribution >= 4 is 28.2 Å². The first-order chi connectivity index (χ1) is 16.6. The lowest BCUT2D eigenvalue weighted by atomic mass is 10.1. The minimum absolute atomic E-state index is 0.245. The molecule has 1 heterocycles. The smallest absolute Gasteiger partial charge is 0.123 e. The number of ether oxygens (including phenoxy) is 1. The number of rotatable bonds is 11. The van der Waals surface area contributed by atoms with Crippen molar-refractivity contribution < 1.29 is 9.13 Å². The molecule has 176 valence electrons. The van der Waals surface area contributed by atoms with E-state index in [4.69, 9.17) is 16.3 Å². The van der Waals surface area contributed by atoms with Crippen molar-refractivity contribution in [2.75, 3.05) is 25.5 Å². The van der Waals surface area contributed by atoms with Gasteiger partial charge in [-0.25, -0.2) is 4.39 Å². The summed E-state index contributed by atoms with van der Waals surface area (Å²) in [5.74, 6) is 0.469. The third-order valence-corrected chi connectivity index (χ3v) is 6.04. The maximum atomic E-state index is 13.9. The number of benzene rings is 3. The molecule has 0 radical (unpaired) electrons. The molecule has 4 rings (SSSR count). The van der Waals surface area contributed by atoms with Crippen molar-refractivity contribution in [1.29, 1.82) is 0 Å². The Morgan fingerprint density at radius 1 is 0.971 bits per heavy atom. The number of nitrogens with zero attached hydrogens (tertiary/aromatic N) is 2. The van der Waals surface area contributed by atoms with Crippen LogP contribution in [-0.4, -0.2) is 30.1 Å². The molecule has 0 aliphatic rings. The van der Waals surface area contributed by atoms with Crippen molar-refractivity contribution in [3.05, 3.63) is 101 Å². The van der Waals surface area contributed by atoms with Crippen LogP contribution < -0.4 is 10.1 Å². The second kappa shape index (κ2) is 11.8. The summed E-state index contributed by atoms with van der Waals surface area (Å²) in [6, 6.07) is 22.8. The van der Waals surface area contributed by atoms with Crippen LogP contribution in [0.15, 0.2) is 79.0 Å². The summed E-state index contributed by atoms with van der Waals surface area (Å²) in [5.41, 5.74) is 4.04. The molecule has 0 unspecified atom stereocenters. The number of aromatic nitrogens is 1. The van der Waals surface area contributed by atoms with Gasteiger partial charge in [-0.1, -0.05) is 41.9 Å². The van der Waals surface area contributed by atoms with E-state index in [0.29, 0.717) is 17.3 Å². The molecule has 4 aromatic rings. The molecule has 0 atom stereocenters. The van der Waals surface area contributed by atoms with Crippen LogP contribution in [0.25, 0.3) is 10.9 Å². The summed E-state index contributed by atoms with van der Waals surface area (Å²) in [7, 11) is 1.63. The first-order valence-electron chi connectivity index (χ1n) is 11.5. The summed E-state index contributed by atoms with van der Waals surface area (Å²) >= 11 is 6.10. The van der Waals surface area contributed by atoms with Gasteiger partial charge in [0.1, 0.15) is 11.6 Å². The maximum absolute atomic E-state index is 13.9. The fraction of sp³-hybridized carbons (Fsp3) is 0.250. The Bertz CT molecular complexity index is 1220. The van der Waals surface area contributed by atoms with Gasteiger partial charge in [0, 0.05) is 47.5 Å². The van der Waals surface area contributed by atoms with E-state index >= 15 is 0 Å². The van der Waals surface area contributed by atoms with Gasteiger partial charge in [-0.15, -0.1) is 0 Å². The molecule has 0 amide bonds. The standard InChI is InChI=1S/C28H29ClFN3O/c1-34-28-12-10-24(30)17-22(28)20-33(19-21-7-3-2-4-8-21)16-6-5-14-31-26-13-15-32-27-18-23(29)9-11-25(26)27/h2-4,7-13,15,17-18H,5-6,14,16,19-20H2,1H3,(H,31,32). The lowest BCUT2D eigenvalue weighted by molar-refractivity contribution is 0.247. The van der Waals surface area contributed by atoms with Crippen molar-refractivity contribution in [1.82, 2.24) is 9.88 Å². The van der Waals surface area contributed by atoms with Gasteiger partial charge in [0.15, 0.2) is 0 Å². The molecular formula is C28H29ClFN3O. The second-order valence-electron chi connectivity index (χ2n) is 8.31. The molecule has 0 fully saturated rings. The van der Waals surface area contributed by atoms with Gasteiger partial charge >= 0.3 is 0 Å².